The van der Waals surface area contributed by atoms with Crippen molar-refractivity contribution in [3.63, 3.8) is 0 Å². The molecular formula is C12H16ClNO. The summed E-state index contributed by atoms with van der Waals surface area (Å²) in [5.74, 6) is 0.773. The third-order valence-electron chi connectivity index (χ3n) is 1.98. The van der Waals surface area contributed by atoms with Gasteiger partial charge in [-0.3, -0.25) is 0 Å². The first-order valence-electron chi connectivity index (χ1n) is 4.95. The van der Waals surface area contributed by atoms with Crippen LogP contribution in [0.4, 0.5) is 0 Å². The van der Waals surface area contributed by atoms with E-state index < -0.39 is 0 Å². The first-order chi connectivity index (χ1) is 7.29. The van der Waals surface area contributed by atoms with Gasteiger partial charge >= 0.3 is 0 Å². The van der Waals surface area contributed by atoms with Gasteiger partial charge in [0.15, 0.2) is 0 Å². The minimum atomic E-state index is 0.615. The van der Waals surface area contributed by atoms with Gasteiger partial charge in [0, 0.05) is 12.1 Å². The van der Waals surface area contributed by atoms with Crippen molar-refractivity contribution in [1.29, 1.82) is 0 Å². The number of nitrogens with one attached hydrogen (secondary N) is 1. The van der Waals surface area contributed by atoms with E-state index in [1.165, 1.54) is 0 Å². The molecule has 0 aliphatic heterocycles. The second-order valence-electron chi connectivity index (χ2n) is 3.18. The van der Waals surface area contributed by atoms with E-state index in [4.69, 9.17) is 16.3 Å². The largest absolute Gasteiger partial charge is 0.491 e. The van der Waals surface area contributed by atoms with Crippen LogP contribution in [0.15, 0.2) is 30.9 Å². The lowest BCUT2D eigenvalue weighted by atomic mass is 10.2. The zero-order valence-corrected chi connectivity index (χ0v) is 9.68. The maximum atomic E-state index is 6.07. The summed E-state index contributed by atoms with van der Waals surface area (Å²) in [5, 5.41) is 3.74. The summed E-state index contributed by atoms with van der Waals surface area (Å²) in [6, 6.07) is 5.77. The van der Waals surface area contributed by atoms with Crippen molar-refractivity contribution in [2.75, 3.05) is 13.7 Å². The number of para-hydroxylation sites is 1. The highest BCUT2D eigenvalue weighted by atomic mass is 35.5. The Labute approximate surface area is 95.9 Å². The molecule has 1 rings (SSSR count). The van der Waals surface area contributed by atoms with E-state index in [-0.39, 0.29) is 0 Å². The number of hydrogen-bond acceptors (Lipinski definition) is 2. The molecule has 0 unspecified atom stereocenters. The third-order valence-corrected chi connectivity index (χ3v) is 2.28. The minimum absolute atomic E-state index is 0.615. The lowest BCUT2D eigenvalue weighted by Gasteiger charge is -2.12. The topological polar surface area (TPSA) is 21.3 Å². The Morgan fingerprint density at radius 2 is 2.33 bits per heavy atom. The normalized spacial score (nSPS) is 10.0. The number of hydrogen-bond donors (Lipinski definition) is 1. The van der Waals surface area contributed by atoms with Crippen molar-refractivity contribution >= 4 is 11.6 Å². The highest BCUT2D eigenvalue weighted by Crippen LogP contribution is 2.28. The smallest absolute Gasteiger partial charge is 0.142 e. The van der Waals surface area contributed by atoms with Crippen LogP contribution in [-0.2, 0) is 6.54 Å². The van der Waals surface area contributed by atoms with Gasteiger partial charge in [-0.05, 0) is 19.5 Å². The van der Waals surface area contributed by atoms with Crippen molar-refractivity contribution in [2.24, 2.45) is 0 Å². The quantitative estimate of drug-likeness (QED) is 0.594. The molecule has 0 amide bonds. The van der Waals surface area contributed by atoms with Crippen LogP contribution < -0.4 is 10.1 Å². The summed E-state index contributed by atoms with van der Waals surface area (Å²) in [5.41, 5.74) is 1.08. The van der Waals surface area contributed by atoms with E-state index in [1.54, 1.807) is 0 Å². The van der Waals surface area contributed by atoms with Crippen LogP contribution >= 0.6 is 11.6 Å². The second-order valence-corrected chi connectivity index (χ2v) is 3.59. The van der Waals surface area contributed by atoms with E-state index in [2.05, 4.69) is 11.9 Å². The molecule has 3 heteroatoms. The van der Waals surface area contributed by atoms with Crippen LogP contribution in [0.25, 0.3) is 0 Å². The summed E-state index contributed by atoms with van der Waals surface area (Å²) in [6.07, 6.45) is 2.65. The Kier molecular flexibility index (Phi) is 5.22. The molecule has 82 valence electrons. The molecule has 0 aromatic heterocycles. The molecule has 15 heavy (non-hydrogen) atoms. The predicted molar refractivity (Wildman–Crippen MR) is 64.5 cm³/mol. The summed E-state index contributed by atoms with van der Waals surface area (Å²) in [4.78, 5) is 0. The molecule has 0 radical (unpaired) electrons. The molecule has 1 N–H and O–H groups in total. The molecule has 0 saturated heterocycles. The maximum Gasteiger partial charge on any atom is 0.142 e. The molecule has 0 bridgehead atoms. The van der Waals surface area contributed by atoms with E-state index in [9.17, 15) is 0 Å². The summed E-state index contributed by atoms with van der Waals surface area (Å²) in [6.45, 7) is 5.02. The van der Waals surface area contributed by atoms with E-state index >= 15 is 0 Å². The third kappa shape index (κ3) is 3.57. The van der Waals surface area contributed by atoms with Gasteiger partial charge in [-0.15, -0.1) is 6.58 Å². The standard InChI is InChI=1S/C12H16ClNO/c1-3-4-8-15-12-10(9-14-2)6-5-7-11(12)13/h3,5-7,14H,1,4,8-9H2,2H3. The summed E-state index contributed by atoms with van der Waals surface area (Å²) >= 11 is 6.07. The van der Waals surface area contributed by atoms with Crippen LogP contribution in [0.5, 0.6) is 5.75 Å². The fraction of sp³-hybridized carbons (Fsp3) is 0.333. The number of benzene rings is 1. The molecular weight excluding hydrogens is 210 g/mol. The first kappa shape index (κ1) is 12.1. The molecule has 1 aromatic carbocycles. The van der Waals surface area contributed by atoms with Crippen molar-refractivity contribution in [1.82, 2.24) is 5.32 Å². The Bertz CT molecular complexity index is 325. The van der Waals surface area contributed by atoms with Gasteiger partial charge in [0.2, 0.25) is 0 Å². The summed E-state index contributed by atoms with van der Waals surface area (Å²) in [7, 11) is 1.90. The highest BCUT2D eigenvalue weighted by Gasteiger charge is 2.06. The average molecular weight is 226 g/mol. The molecule has 1 aromatic rings. The van der Waals surface area contributed by atoms with Crippen LogP contribution in [0.2, 0.25) is 5.02 Å². The van der Waals surface area contributed by atoms with Gasteiger partial charge < -0.3 is 10.1 Å². The van der Waals surface area contributed by atoms with Gasteiger partial charge in [-0.2, -0.15) is 0 Å². The van der Waals surface area contributed by atoms with Gasteiger partial charge in [-0.1, -0.05) is 29.8 Å². The Balaban J connectivity index is 2.76. The minimum Gasteiger partial charge on any atom is -0.491 e. The second kappa shape index (κ2) is 6.49. The van der Waals surface area contributed by atoms with Crippen molar-refractivity contribution in [2.45, 2.75) is 13.0 Å². The number of ether oxygens (including phenoxy) is 1. The molecule has 0 atom stereocenters. The van der Waals surface area contributed by atoms with Crippen LogP contribution in [0, 0.1) is 0 Å². The summed E-state index contributed by atoms with van der Waals surface area (Å²) < 4.78 is 5.62. The van der Waals surface area contributed by atoms with Gasteiger partial charge in [0.25, 0.3) is 0 Å². The molecule has 0 spiro atoms. The molecule has 0 heterocycles. The van der Waals surface area contributed by atoms with Crippen molar-refractivity contribution in [3.05, 3.63) is 41.4 Å². The van der Waals surface area contributed by atoms with Crippen LogP contribution in [-0.4, -0.2) is 13.7 Å². The van der Waals surface area contributed by atoms with Gasteiger partial charge in [-0.25, -0.2) is 0 Å². The zero-order valence-electron chi connectivity index (χ0n) is 8.92. The fourth-order valence-electron chi connectivity index (χ4n) is 1.29. The number of rotatable bonds is 6. The predicted octanol–water partition coefficient (Wildman–Crippen LogP) is 3.01. The fourth-order valence-corrected chi connectivity index (χ4v) is 1.54. The van der Waals surface area contributed by atoms with E-state index in [1.807, 2.05) is 31.3 Å². The molecule has 0 saturated carbocycles. The maximum absolute atomic E-state index is 6.07. The number of halogens is 1. The van der Waals surface area contributed by atoms with E-state index in [0.29, 0.717) is 11.6 Å². The Hall–Kier alpha value is -0.990. The molecule has 0 fully saturated rings. The van der Waals surface area contributed by atoms with Gasteiger partial charge in [0.05, 0.1) is 11.6 Å². The highest BCUT2D eigenvalue weighted by molar-refractivity contribution is 6.32. The Morgan fingerprint density at radius 1 is 1.53 bits per heavy atom. The zero-order chi connectivity index (χ0) is 11.1. The van der Waals surface area contributed by atoms with Crippen molar-refractivity contribution in [3.8, 4) is 5.75 Å². The average Bonchev–Trinajstić information content (AvgIpc) is 2.23. The lowest BCUT2D eigenvalue weighted by Crippen LogP contribution is -2.08. The van der Waals surface area contributed by atoms with Crippen LogP contribution in [0.1, 0.15) is 12.0 Å². The SMILES string of the molecule is C=CCCOc1c(Cl)cccc1CNC. The first-order valence-corrected chi connectivity index (χ1v) is 5.33. The monoisotopic (exact) mass is 225 g/mol. The molecule has 0 aliphatic carbocycles. The molecule has 2 nitrogen and oxygen atoms in total. The van der Waals surface area contributed by atoms with Gasteiger partial charge in [0.1, 0.15) is 5.75 Å². The van der Waals surface area contributed by atoms with Crippen LogP contribution in [0.3, 0.4) is 0 Å². The lowest BCUT2D eigenvalue weighted by molar-refractivity contribution is 0.321. The van der Waals surface area contributed by atoms with Crippen molar-refractivity contribution < 1.29 is 4.74 Å². The van der Waals surface area contributed by atoms with E-state index in [0.717, 1.165) is 24.3 Å². The Morgan fingerprint density at radius 3 is 3.00 bits per heavy atom. The molecule has 0 aliphatic rings.